The van der Waals surface area contributed by atoms with Crippen LogP contribution in [0.15, 0.2) is 24.3 Å². The molecule has 1 atom stereocenters. The highest BCUT2D eigenvalue weighted by molar-refractivity contribution is 5.97. The lowest BCUT2D eigenvalue weighted by Crippen LogP contribution is -2.46. The highest BCUT2D eigenvalue weighted by Gasteiger charge is 2.29. The lowest BCUT2D eigenvalue weighted by molar-refractivity contribution is -0.126. The van der Waals surface area contributed by atoms with Crippen LogP contribution < -0.4 is 15.8 Å². The average molecular weight is 342 g/mol. The first-order valence-corrected chi connectivity index (χ1v) is 7.57. The normalized spacial score (nSPS) is 17.1. The maximum atomic E-state index is 12.7. The molecule has 1 aliphatic heterocycles. The van der Waals surface area contributed by atoms with Gasteiger partial charge in [-0.05, 0) is 25.0 Å². The van der Waals surface area contributed by atoms with Gasteiger partial charge in [0, 0.05) is 26.2 Å². The Morgan fingerprint density at radius 2 is 2.13 bits per heavy atom. The zero-order valence-electron chi connectivity index (χ0n) is 13.3. The maximum Gasteiger partial charge on any atom is 0.257 e. The number of carbonyl (C=O) groups is 2. The number of piperidine rings is 1. The van der Waals surface area contributed by atoms with Gasteiger partial charge < -0.3 is 20.7 Å². The van der Waals surface area contributed by atoms with E-state index < -0.39 is 0 Å². The second kappa shape index (κ2) is 9.37. The monoisotopic (exact) mass is 341 g/mol. The summed E-state index contributed by atoms with van der Waals surface area (Å²) in [6.07, 6.45) is 1.62. The number of rotatable bonds is 5. The molecule has 1 heterocycles. The molecule has 0 saturated carbocycles. The molecule has 23 heavy (non-hydrogen) atoms. The van der Waals surface area contributed by atoms with Crippen molar-refractivity contribution >= 4 is 24.2 Å². The molecule has 0 spiro atoms. The van der Waals surface area contributed by atoms with Gasteiger partial charge >= 0.3 is 0 Å². The first-order chi connectivity index (χ1) is 10.7. The Labute approximate surface area is 142 Å². The van der Waals surface area contributed by atoms with Crippen molar-refractivity contribution in [3.05, 3.63) is 29.8 Å². The van der Waals surface area contributed by atoms with Crippen molar-refractivity contribution in [1.29, 1.82) is 0 Å². The van der Waals surface area contributed by atoms with E-state index in [0.717, 1.165) is 12.8 Å². The quantitative estimate of drug-likeness (QED) is 0.838. The molecule has 0 aromatic heterocycles. The maximum absolute atomic E-state index is 12.7. The Balaban J connectivity index is 0.00000264. The minimum absolute atomic E-state index is 0. The van der Waals surface area contributed by atoms with Gasteiger partial charge in [-0.3, -0.25) is 9.59 Å². The minimum atomic E-state index is -0.168. The van der Waals surface area contributed by atoms with E-state index in [1.165, 1.54) is 0 Å². The molecule has 1 saturated heterocycles. The lowest BCUT2D eigenvalue weighted by Gasteiger charge is -2.32. The molecule has 1 aromatic carbocycles. The van der Waals surface area contributed by atoms with Crippen LogP contribution >= 0.6 is 12.4 Å². The molecule has 1 aliphatic rings. The molecule has 1 aromatic rings. The summed E-state index contributed by atoms with van der Waals surface area (Å²) < 4.78 is 5.24. The van der Waals surface area contributed by atoms with Gasteiger partial charge in [0.05, 0.1) is 18.6 Å². The van der Waals surface area contributed by atoms with Gasteiger partial charge in [-0.25, -0.2) is 0 Å². The van der Waals surface area contributed by atoms with Crippen molar-refractivity contribution in [3.63, 3.8) is 0 Å². The third-order valence-electron chi connectivity index (χ3n) is 3.86. The van der Waals surface area contributed by atoms with E-state index in [0.29, 0.717) is 37.5 Å². The van der Waals surface area contributed by atoms with Crippen molar-refractivity contribution in [1.82, 2.24) is 10.2 Å². The van der Waals surface area contributed by atoms with Gasteiger partial charge in [0.25, 0.3) is 5.91 Å². The number of nitrogens with one attached hydrogen (secondary N) is 1. The molecular weight excluding hydrogens is 318 g/mol. The molecule has 2 amide bonds. The summed E-state index contributed by atoms with van der Waals surface area (Å²) in [6, 6.07) is 7.15. The number of halogens is 1. The highest BCUT2D eigenvalue weighted by atomic mass is 35.5. The van der Waals surface area contributed by atoms with Crippen LogP contribution in [0.4, 0.5) is 0 Å². The molecule has 0 aliphatic carbocycles. The molecular formula is C16H24ClN3O3. The molecule has 1 fully saturated rings. The summed E-state index contributed by atoms with van der Waals surface area (Å²) in [6.45, 7) is 1.99. The van der Waals surface area contributed by atoms with Crippen LogP contribution in [0.3, 0.4) is 0 Å². The highest BCUT2D eigenvalue weighted by Crippen LogP contribution is 2.23. The smallest absolute Gasteiger partial charge is 0.257 e. The van der Waals surface area contributed by atoms with Crippen LogP contribution in [0, 0.1) is 5.92 Å². The number of methoxy groups -OCH3 is 1. The fraction of sp³-hybridized carbons (Fsp3) is 0.500. The average Bonchev–Trinajstić information content (AvgIpc) is 2.59. The van der Waals surface area contributed by atoms with Gasteiger partial charge in [-0.1, -0.05) is 12.1 Å². The van der Waals surface area contributed by atoms with Crippen LogP contribution in [-0.2, 0) is 4.79 Å². The van der Waals surface area contributed by atoms with Crippen LogP contribution in [0.2, 0.25) is 0 Å². The largest absolute Gasteiger partial charge is 0.496 e. The number of hydrogen-bond donors (Lipinski definition) is 2. The van der Waals surface area contributed by atoms with E-state index >= 15 is 0 Å². The fourth-order valence-corrected chi connectivity index (χ4v) is 2.71. The van der Waals surface area contributed by atoms with Gasteiger partial charge in [-0.15, -0.1) is 12.4 Å². The van der Waals surface area contributed by atoms with Crippen LogP contribution in [-0.4, -0.2) is 50.0 Å². The zero-order valence-corrected chi connectivity index (χ0v) is 14.1. The second-order valence-electron chi connectivity index (χ2n) is 5.37. The Hall–Kier alpha value is -1.79. The van der Waals surface area contributed by atoms with E-state index in [-0.39, 0.29) is 30.1 Å². The Kier molecular flexibility index (Phi) is 7.85. The number of para-hydroxylation sites is 1. The third-order valence-corrected chi connectivity index (χ3v) is 3.86. The van der Waals surface area contributed by atoms with E-state index in [4.69, 9.17) is 10.5 Å². The standard InChI is InChI=1S/C16H23N3O3.ClH/c1-22-14-7-3-2-6-13(14)16(21)19-10-4-5-12(11-19)15(20)18-9-8-17;/h2-3,6-7,12H,4-5,8-11,17H2,1H3,(H,18,20);1H. The Morgan fingerprint density at radius 1 is 1.39 bits per heavy atom. The fourth-order valence-electron chi connectivity index (χ4n) is 2.71. The summed E-state index contributed by atoms with van der Waals surface area (Å²) in [5.41, 5.74) is 5.93. The SMILES string of the molecule is COc1ccccc1C(=O)N1CCCC(C(=O)NCCN)C1.Cl. The Bertz CT molecular complexity index is 539. The predicted molar refractivity (Wildman–Crippen MR) is 90.9 cm³/mol. The second-order valence-corrected chi connectivity index (χ2v) is 5.37. The summed E-state index contributed by atoms with van der Waals surface area (Å²) >= 11 is 0. The van der Waals surface area contributed by atoms with Crippen LogP contribution in [0.25, 0.3) is 0 Å². The van der Waals surface area contributed by atoms with Gasteiger partial charge in [0.15, 0.2) is 0 Å². The molecule has 3 N–H and O–H groups in total. The number of nitrogens with zero attached hydrogens (tertiary/aromatic N) is 1. The van der Waals surface area contributed by atoms with Crippen molar-refractivity contribution in [2.75, 3.05) is 33.3 Å². The number of carbonyl (C=O) groups excluding carboxylic acids is 2. The van der Waals surface area contributed by atoms with E-state index in [2.05, 4.69) is 5.32 Å². The molecule has 0 bridgehead atoms. The van der Waals surface area contributed by atoms with Gasteiger partial charge in [0.1, 0.15) is 5.75 Å². The van der Waals surface area contributed by atoms with E-state index in [1.807, 2.05) is 12.1 Å². The first kappa shape index (κ1) is 19.3. The van der Waals surface area contributed by atoms with Crippen LogP contribution in [0.1, 0.15) is 23.2 Å². The van der Waals surface area contributed by atoms with Crippen molar-refractivity contribution < 1.29 is 14.3 Å². The number of ether oxygens (including phenoxy) is 1. The molecule has 6 nitrogen and oxygen atoms in total. The van der Waals surface area contributed by atoms with E-state index in [1.54, 1.807) is 24.1 Å². The summed E-state index contributed by atoms with van der Waals surface area (Å²) in [5, 5.41) is 2.80. The summed E-state index contributed by atoms with van der Waals surface area (Å²) in [4.78, 5) is 26.4. The number of likely N-dealkylation sites (tertiary alicyclic amines) is 1. The van der Waals surface area contributed by atoms with Crippen molar-refractivity contribution in [3.8, 4) is 5.75 Å². The number of hydrogen-bond acceptors (Lipinski definition) is 4. The minimum Gasteiger partial charge on any atom is -0.496 e. The molecule has 7 heteroatoms. The number of amides is 2. The molecule has 1 unspecified atom stereocenters. The van der Waals surface area contributed by atoms with Crippen molar-refractivity contribution in [2.45, 2.75) is 12.8 Å². The summed E-state index contributed by atoms with van der Waals surface area (Å²) in [5.74, 6) is 0.276. The molecule has 128 valence electrons. The molecule has 0 radical (unpaired) electrons. The van der Waals surface area contributed by atoms with E-state index in [9.17, 15) is 9.59 Å². The van der Waals surface area contributed by atoms with Gasteiger partial charge in [0.2, 0.25) is 5.91 Å². The van der Waals surface area contributed by atoms with Gasteiger partial charge in [-0.2, -0.15) is 0 Å². The summed E-state index contributed by atoms with van der Waals surface area (Å²) in [7, 11) is 1.55. The van der Waals surface area contributed by atoms with Crippen molar-refractivity contribution in [2.24, 2.45) is 11.7 Å². The number of nitrogens with two attached hydrogens (primary N) is 1. The number of benzene rings is 1. The van der Waals surface area contributed by atoms with Crippen LogP contribution in [0.5, 0.6) is 5.75 Å². The molecule has 2 rings (SSSR count). The zero-order chi connectivity index (χ0) is 15.9. The first-order valence-electron chi connectivity index (χ1n) is 7.57. The Morgan fingerprint density at radius 3 is 2.83 bits per heavy atom. The topological polar surface area (TPSA) is 84.7 Å². The third kappa shape index (κ3) is 4.84. The lowest BCUT2D eigenvalue weighted by atomic mass is 9.96. The predicted octanol–water partition coefficient (Wildman–Crippen LogP) is 1.04.